The molecular weight excluding hydrogens is 392 g/mol. The first kappa shape index (κ1) is 18.8. The van der Waals surface area contributed by atoms with Crippen molar-refractivity contribution in [2.24, 2.45) is 0 Å². The minimum atomic E-state index is -0.104. The van der Waals surface area contributed by atoms with Crippen molar-refractivity contribution in [2.75, 3.05) is 11.1 Å². The summed E-state index contributed by atoms with van der Waals surface area (Å²) >= 11 is 7.25. The largest absolute Gasteiger partial charge is 0.325 e. The van der Waals surface area contributed by atoms with Crippen LogP contribution in [-0.2, 0) is 4.79 Å². The van der Waals surface area contributed by atoms with Gasteiger partial charge >= 0.3 is 0 Å². The lowest BCUT2D eigenvalue weighted by Crippen LogP contribution is -2.14. The van der Waals surface area contributed by atoms with Crippen LogP contribution in [-0.4, -0.2) is 26.3 Å². The molecule has 0 saturated carbocycles. The number of pyridine rings is 1. The van der Waals surface area contributed by atoms with Crippen LogP contribution in [0.4, 0.5) is 5.69 Å². The number of rotatable bonds is 4. The monoisotopic (exact) mass is 410 g/mol. The van der Waals surface area contributed by atoms with E-state index in [1.807, 2.05) is 10.5 Å². The molecule has 4 rings (SSSR count). The van der Waals surface area contributed by atoms with E-state index in [2.05, 4.69) is 48.4 Å². The Morgan fingerprint density at radius 2 is 1.82 bits per heavy atom. The lowest BCUT2D eigenvalue weighted by atomic mass is 10.0. The number of halogens is 1. The number of fused-ring (bicyclic) bond motifs is 3. The zero-order chi connectivity index (χ0) is 19.8. The number of anilines is 1. The maximum Gasteiger partial charge on any atom is 0.234 e. The Morgan fingerprint density at radius 3 is 2.57 bits per heavy atom. The van der Waals surface area contributed by atoms with Crippen LogP contribution in [0.1, 0.15) is 16.7 Å². The molecule has 142 valence electrons. The molecule has 0 saturated heterocycles. The zero-order valence-corrected chi connectivity index (χ0v) is 17.4. The highest BCUT2D eigenvalue weighted by atomic mass is 35.5. The lowest BCUT2D eigenvalue weighted by molar-refractivity contribution is -0.113. The molecule has 0 aliphatic carbocycles. The fraction of sp³-hybridized carbons (Fsp3) is 0.190. The number of aryl methyl sites for hydroxylation is 3. The molecule has 1 amide bonds. The summed E-state index contributed by atoms with van der Waals surface area (Å²) in [6.07, 6.45) is 0. The van der Waals surface area contributed by atoms with Crippen molar-refractivity contribution in [3.8, 4) is 0 Å². The molecular formula is C21H19ClN4OS. The second-order valence-corrected chi connectivity index (χ2v) is 8.20. The van der Waals surface area contributed by atoms with Gasteiger partial charge < -0.3 is 5.32 Å². The van der Waals surface area contributed by atoms with Gasteiger partial charge in [0.2, 0.25) is 5.91 Å². The van der Waals surface area contributed by atoms with E-state index < -0.39 is 0 Å². The number of carbonyl (C=O) groups is 1. The maximum atomic E-state index is 12.3. The van der Waals surface area contributed by atoms with Crippen LogP contribution in [0.3, 0.4) is 0 Å². The topological polar surface area (TPSA) is 59.3 Å². The predicted molar refractivity (Wildman–Crippen MR) is 116 cm³/mol. The Hall–Kier alpha value is -2.57. The van der Waals surface area contributed by atoms with Gasteiger partial charge in [0.1, 0.15) is 0 Å². The number of thioether (sulfide) groups is 1. The predicted octanol–water partition coefficient (Wildman–Crippen LogP) is 5.19. The number of carbonyl (C=O) groups excluding carboxylic acids is 1. The van der Waals surface area contributed by atoms with Gasteiger partial charge in [0, 0.05) is 16.1 Å². The number of hydrogen-bond acceptors (Lipinski definition) is 4. The average Bonchev–Trinajstić information content (AvgIpc) is 3.04. The molecule has 4 aromatic rings. The van der Waals surface area contributed by atoms with Crippen LogP contribution in [0, 0.1) is 20.8 Å². The van der Waals surface area contributed by atoms with E-state index in [1.54, 1.807) is 24.3 Å². The van der Waals surface area contributed by atoms with Gasteiger partial charge in [-0.2, -0.15) is 0 Å². The van der Waals surface area contributed by atoms with Crippen LogP contribution < -0.4 is 5.32 Å². The van der Waals surface area contributed by atoms with Crippen molar-refractivity contribution in [3.05, 3.63) is 64.2 Å². The van der Waals surface area contributed by atoms with Crippen LogP contribution in [0.2, 0.25) is 5.02 Å². The fourth-order valence-electron chi connectivity index (χ4n) is 3.37. The summed E-state index contributed by atoms with van der Waals surface area (Å²) in [5.41, 5.74) is 6.14. The molecule has 5 nitrogen and oxygen atoms in total. The molecule has 0 bridgehead atoms. The van der Waals surface area contributed by atoms with E-state index in [-0.39, 0.29) is 11.7 Å². The Bertz CT molecular complexity index is 1200. The van der Waals surface area contributed by atoms with Gasteiger partial charge in [-0.15, -0.1) is 10.2 Å². The number of benzene rings is 2. The third-order valence-electron chi connectivity index (χ3n) is 4.56. The van der Waals surface area contributed by atoms with Crippen LogP contribution in [0.5, 0.6) is 0 Å². The van der Waals surface area contributed by atoms with Gasteiger partial charge in [0.25, 0.3) is 0 Å². The smallest absolute Gasteiger partial charge is 0.234 e. The van der Waals surface area contributed by atoms with Crippen molar-refractivity contribution in [1.82, 2.24) is 14.6 Å². The standard InChI is InChI=1S/C21H19ClN4OS/c1-12-8-14(3)20-17(9-12)13(2)10-18-24-25-21(26(18)20)28-11-19(27)23-16-6-4-15(22)5-7-16/h4-10H,11H2,1-3H3,(H,23,27). The average molecular weight is 411 g/mol. The van der Waals surface area contributed by atoms with Gasteiger partial charge in [0.15, 0.2) is 10.8 Å². The molecule has 1 N–H and O–H groups in total. The zero-order valence-electron chi connectivity index (χ0n) is 15.8. The SMILES string of the molecule is Cc1cc(C)c2c(c1)c(C)cc1nnc(SCC(=O)Nc3ccc(Cl)cc3)n12. The summed E-state index contributed by atoms with van der Waals surface area (Å²) in [5.74, 6) is 0.136. The van der Waals surface area contributed by atoms with Gasteiger partial charge in [-0.1, -0.05) is 35.0 Å². The Kier molecular flexibility index (Phi) is 5.00. The van der Waals surface area contributed by atoms with E-state index in [0.29, 0.717) is 15.9 Å². The number of nitrogens with zero attached hydrogens (tertiary/aromatic N) is 3. The Labute approximate surface area is 172 Å². The number of nitrogens with one attached hydrogen (secondary N) is 1. The fourth-order valence-corrected chi connectivity index (χ4v) is 4.24. The minimum Gasteiger partial charge on any atom is -0.325 e. The van der Waals surface area contributed by atoms with Crippen LogP contribution >= 0.6 is 23.4 Å². The molecule has 7 heteroatoms. The quantitative estimate of drug-likeness (QED) is 0.470. The lowest BCUT2D eigenvalue weighted by Gasteiger charge is -2.11. The second-order valence-electron chi connectivity index (χ2n) is 6.83. The Morgan fingerprint density at radius 1 is 1.07 bits per heavy atom. The summed E-state index contributed by atoms with van der Waals surface area (Å²) in [6.45, 7) is 6.27. The number of hydrogen-bond donors (Lipinski definition) is 1. The van der Waals surface area contributed by atoms with Crippen molar-refractivity contribution < 1.29 is 4.79 Å². The van der Waals surface area contributed by atoms with Crippen molar-refractivity contribution in [1.29, 1.82) is 0 Å². The third-order valence-corrected chi connectivity index (χ3v) is 5.74. The molecule has 0 unspecified atom stereocenters. The van der Waals surface area contributed by atoms with E-state index >= 15 is 0 Å². The van der Waals surface area contributed by atoms with Gasteiger partial charge in [-0.05, 0) is 68.3 Å². The van der Waals surface area contributed by atoms with Crippen molar-refractivity contribution in [3.63, 3.8) is 0 Å². The van der Waals surface area contributed by atoms with E-state index in [9.17, 15) is 4.79 Å². The van der Waals surface area contributed by atoms with Gasteiger partial charge in [-0.25, -0.2) is 0 Å². The highest BCUT2D eigenvalue weighted by Crippen LogP contribution is 2.29. The summed E-state index contributed by atoms with van der Waals surface area (Å²) in [4.78, 5) is 12.3. The van der Waals surface area contributed by atoms with Crippen LogP contribution in [0.15, 0.2) is 47.6 Å². The summed E-state index contributed by atoms with van der Waals surface area (Å²) in [7, 11) is 0. The first-order chi connectivity index (χ1) is 13.4. The highest BCUT2D eigenvalue weighted by Gasteiger charge is 2.15. The third kappa shape index (κ3) is 3.57. The molecule has 0 aliphatic heterocycles. The van der Waals surface area contributed by atoms with Crippen molar-refractivity contribution >= 4 is 51.5 Å². The minimum absolute atomic E-state index is 0.104. The molecule has 0 aliphatic rings. The molecule has 0 atom stereocenters. The molecule has 2 aromatic carbocycles. The first-order valence-electron chi connectivity index (χ1n) is 8.86. The van der Waals surface area contributed by atoms with Crippen molar-refractivity contribution in [2.45, 2.75) is 25.9 Å². The van der Waals surface area contributed by atoms with E-state index in [0.717, 1.165) is 16.7 Å². The van der Waals surface area contributed by atoms with Gasteiger partial charge in [0.05, 0.1) is 11.3 Å². The van der Waals surface area contributed by atoms with E-state index in [1.165, 1.54) is 28.3 Å². The van der Waals surface area contributed by atoms with E-state index in [4.69, 9.17) is 11.6 Å². The molecule has 2 aromatic heterocycles. The molecule has 2 heterocycles. The number of aromatic nitrogens is 3. The highest BCUT2D eigenvalue weighted by molar-refractivity contribution is 7.99. The van der Waals surface area contributed by atoms with Crippen LogP contribution in [0.25, 0.3) is 16.6 Å². The molecule has 0 radical (unpaired) electrons. The molecule has 0 fully saturated rings. The normalized spacial score (nSPS) is 11.3. The van der Waals surface area contributed by atoms with Gasteiger partial charge in [-0.3, -0.25) is 9.20 Å². The molecule has 28 heavy (non-hydrogen) atoms. The maximum absolute atomic E-state index is 12.3. The Balaban J connectivity index is 1.63. The second kappa shape index (κ2) is 7.45. The number of amides is 1. The molecule has 0 spiro atoms. The summed E-state index contributed by atoms with van der Waals surface area (Å²) in [5, 5.41) is 14.0. The summed E-state index contributed by atoms with van der Waals surface area (Å²) < 4.78 is 2.04. The summed E-state index contributed by atoms with van der Waals surface area (Å²) in [6, 6.07) is 13.4. The first-order valence-corrected chi connectivity index (χ1v) is 10.2.